The van der Waals surface area contributed by atoms with Crippen molar-refractivity contribution in [2.75, 3.05) is 6.54 Å². The first-order valence-electron chi connectivity index (χ1n) is 8.07. The van der Waals surface area contributed by atoms with E-state index in [1.165, 1.54) is 12.1 Å². The maximum atomic E-state index is 13.0. The van der Waals surface area contributed by atoms with E-state index in [-0.39, 0.29) is 24.7 Å². The molecule has 6 nitrogen and oxygen atoms in total. The van der Waals surface area contributed by atoms with E-state index in [0.717, 1.165) is 22.5 Å². The summed E-state index contributed by atoms with van der Waals surface area (Å²) in [5.74, 6) is -1.58. The Morgan fingerprint density at radius 3 is 2.44 bits per heavy atom. The third-order valence-corrected chi connectivity index (χ3v) is 4.34. The first-order chi connectivity index (χ1) is 11.8. The lowest BCUT2D eigenvalue weighted by molar-refractivity contribution is -0.123. The fourth-order valence-electron chi connectivity index (χ4n) is 2.71. The molecule has 0 spiro atoms. The first kappa shape index (κ1) is 18.6. The molecule has 25 heavy (non-hydrogen) atoms. The molecular weight excluding hydrogens is 323 g/mol. The molecule has 0 aliphatic rings. The number of nitrogens with zero attached hydrogens (tertiary/aromatic N) is 2. The summed E-state index contributed by atoms with van der Waals surface area (Å²) >= 11 is 0. The van der Waals surface area contributed by atoms with Crippen LogP contribution in [-0.4, -0.2) is 28.1 Å². The van der Waals surface area contributed by atoms with Crippen LogP contribution in [0.3, 0.4) is 0 Å². The van der Waals surface area contributed by atoms with Crippen LogP contribution in [-0.2, 0) is 29.5 Å². The van der Waals surface area contributed by atoms with Gasteiger partial charge >= 0.3 is 0 Å². The number of carbonyl (C=O) groups excluding carboxylic acids is 2. The highest BCUT2D eigenvalue weighted by Crippen LogP contribution is 2.13. The summed E-state index contributed by atoms with van der Waals surface area (Å²) in [6.07, 6.45) is 0.550. The Morgan fingerprint density at radius 2 is 1.92 bits per heavy atom. The Labute approximate surface area is 146 Å². The van der Waals surface area contributed by atoms with Crippen LogP contribution in [0.5, 0.6) is 0 Å². The normalized spacial score (nSPS) is 12.0. The fraction of sp³-hybridized carbons (Fsp3) is 0.389. The standard InChI is InChI=1S/C18H23FN4O2/c1-11-16(12(2)23(3)22-11)9-17(24)21-10-14(18(20)25)8-13-4-6-15(19)7-5-13/h4-7,14H,8-10H2,1-3H3,(H2,20,25)(H,21,24)/t14-/m1/s1. The monoisotopic (exact) mass is 346 g/mol. The zero-order chi connectivity index (χ0) is 18.6. The molecule has 0 unspecified atom stereocenters. The zero-order valence-electron chi connectivity index (χ0n) is 14.7. The van der Waals surface area contributed by atoms with E-state index in [0.29, 0.717) is 6.42 Å². The van der Waals surface area contributed by atoms with E-state index in [2.05, 4.69) is 10.4 Å². The van der Waals surface area contributed by atoms with Crippen molar-refractivity contribution in [3.05, 3.63) is 52.6 Å². The molecule has 3 N–H and O–H groups in total. The lowest BCUT2D eigenvalue weighted by Gasteiger charge is -2.14. The number of aromatic nitrogens is 2. The number of benzene rings is 1. The molecular formula is C18H23FN4O2. The van der Waals surface area contributed by atoms with Crippen molar-refractivity contribution in [2.45, 2.75) is 26.7 Å². The Morgan fingerprint density at radius 1 is 1.28 bits per heavy atom. The summed E-state index contributed by atoms with van der Waals surface area (Å²) in [5, 5.41) is 7.04. The largest absolute Gasteiger partial charge is 0.369 e. The van der Waals surface area contributed by atoms with Gasteiger partial charge in [0, 0.05) is 24.8 Å². The Hall–Kier alpha value is -2.70. The Bertz CT molecular complexity index is 768. The molecule has 0 fully saturated rings. The minimum Gasteiger partial charge on any atom is -0.369 e. The molecule has 1 aromatic heterocycles. The van der Waals surface area contributed by atoms with Gasteiger partial charge in [0.2, 0.25) is 11.8 Å². The summed E-state index contributed by atoms with van der Waals surface area (Å²) in [5.41, 5.74) is 8.85. The van der Waals surface area contributed by atoms with Crippen LogP contribution in [0.15, 0.2) is 24.3 Å². The average molecular weight is 346 g/mol. The summed E-state index contributed by atoms with van der Waals surface area (Å²) in [4.78, 5) is 23.8. The van der Waals surface area contributed by atoms with Gasteiger partial charge in [0.1, 0.15) is 5.82 Å². The van der Waals surface area contributed by atoms with E-state index >= 15 is 0 Å². The summed E-state index contributed by atoms with van der Waals surface area (Å²) in [6, 6.07) is 5.88. The number of halogens is 1. The number of primary amides is 1. The van der Waals surface area contributed by atoms with E-state index in [4.69, 9.17) is 5.73 Å². The van der Waals surface area contributed by atoms with E-state index < -0.39 is 11.8 Å². The van der Waals surface area contributed by atoms with Gasteiger partial charge in [-0.25, -0.2) is 4.39 Å². The van der Waals surface area contributed by atoms with Crippen LogP contribution < -0.4 is 11.1 Å². The summed E-state index contributed by atoms with van der Waals surface area (Å²) in [7, 11) is 1.83. The van der Waals surface area contributed by atoms with Crippen LogP contribution >= 0.6 is 0 Å². The molecule has 2 aromatic rings. The minimum atomic E-state index is -0.550. The van der Waals surface area contributed by atoms with Gasteiger partial charge in [-0.1, -0.05) is 12.1 Å². The molecule has 2 rings (SSSR count). The van der Waals surface area contributed by atoms with Crippen molar-refractivity contribution < 1.29 is 14.0 Å². The van der Waals surface area contributed by atoms with Crippen LogP contribution in [0.4, 0.5) is 4.39 Å². The van der Waals surface area contributed by atoms with Crippen molar-refractivity contribution in [1.29, 1.82) is 0 Å². The van der Waals surface area contributed by atoms with Gasteiger partial charge in [0.15, 0.2) is 0 Å². The van der Waals surface area contributed by atoms with Crippen LogP contribution in [0.1, 0.15) is 22.5 Å². The first-order valence-corrected chi connectivity index (χ1v) is 8.07. The lowest BCUT2D eigenvalue weighted by atomic mass is 9.98. The average Bonchev–Trinajstić information content (AvgIpc) is 2.79. The number of hydrogen-bond donors (Lipinski definition) is 2. The van der Waals surface area contributed by atoms with Crippen molar-refractivity contribution in [2.24, 2.45) is 18.7 Å². The van der Waals surface area contributed by atoms with Crippen molar-refractivity contribution >= 4 is 11.8 Å². The molecule has 0 bridgehead atoms. The third-order valence-electron chi connectivity index (χ3n) is 4.34. The fourth-order valence-corrected chi connectivity index (χ4v) is 2.71. The number of nitrogens with two attached hydrogens (primary N) is 1. The summed E-state index contributed by atoms with van der Waals surface area (Å²) < 4.78 is 14.7. The van der Waals surface area contributed by atoms with Gasteiger partial charge in [0.05, 0.1) is 18.0 Å². The molecule has 0 radical (unpaired) electrons. The third kappa shape index (κ3) is 4.89. The lowest BCUT2D eigenvalue weighted by Crippen LogP contribution is -2.38. The number of rotatable bonds is 7. The molecule has 2 amide bonds. The zero-order valence-corrected chi connectivity index (χ0v) is 14.7. The summed E-state index contributed by atoms with van der Waals surface area (Å²) in [6.45, 7) is 3.91. The second-order valence-electron chi connectivity index (χ2n) is 6.18. The Kier molecular flexibility index (Phi) is 5.90. The SMILES string of the molecule is Cc1nn(C)c(C)c1CC(=O)NC[C@@H](Cc1ccc(F)cc1)C(N)=O. The van der Waals surface area contributed by atoms with E-state index in [1.54, 1.807) is 16.8 Å². The highest BCUT2D eigenvalue weighted by Gasteiger charge is 2.19. The van der Waals surface area contributed by atoms with Gasteiger partial charge in [0.25, 0.3) is 0 Å². The highest BCUT2D eigenvalue weighted by atomic mass is 19.1. The molecule has 0 aliphatic carbocycles. The maximum absolute atomic E-state index is 13.0. The predicted molar refractivity (Wildman–Crippen MR) is 92.2 cm³/mol. The van der Waals surface area contributed by atoms with Crippen LogP contribution in [0, 0.1) is 25.6 Å². The van der Waals surface area contributed by atoms with Gasteiger partial charge in [-0.3, -0.25) is 14.3 Å². The van der Waals surface area contributed by atoms with Crippen molar-refractivity contribution in [3.63, 3.8) is 0 Å². The number of amides is 2. The van der Waals surface area contributed by atoms with Gasteiger partial charge < -0.3 is 11.1 Å². The molecule has 0 aliphatic heterocycles. The molecule has 134 valence electrons. The Balaban J connectivity index is 1.95. The molecule has 0 saturated heterocycles. The van der Waals surface area contributed by atoms with Gasteiger partial charge in [-0.05, 0) is 38.0 Å². The van der Waals surface area contributed by atoms with E-state index in [9.17, 15) is 14.0 Å². The molecule has 1 aromatic carbocycles. The van der Waals surface area contributed by atoms with Crippen LogP contribution in [0.2, 0.25) is 0 Å². The predicted octanol–water partition coefficient (Wildman–Crippen LogP) is 1.18. The number of aryl methyl sites for hydroxylation is 2. The smallest absolute Gasteiger partial charge is 0.224 e. The van der Waals surface area contributed by atoms with Crippen molar-refractivity contribution in [1.82, 2.24) is 15.1 Å². The second-order valence-corrected chi connectivity index (χ2v) is 6.18. The highest BCUT2D eigenvalue weighted by molar-refractivity contribution is 5.81. The van der Waals surface area contributed by atoms with Crippen molar-refractivity contribution in [3.8, 4) is 0 Å². The number of hydrogen-bond acceptors (Lipinski definition) is 3. The van der Waals surface area contributed by atoms with Crippen LogP contribution in [0.25, 0.3) is 0 Å². The molecule has 7 heteroatoms. The molecule has 0 saturated carbocycles. The molecule has 1 heterocycles. The topological polar surface area (TPSA) is 90.0 Å². The quantitative estimate of drug-likeness (QED) is 0.789. The second kappa shape index (κ2) is 7.92. The molecule has 1 atom stereocenters. The number of nitrogens with one attached hydrogen (secondary N) is 1. The van der Waals surface area contributed by atoms with Gasteiger partial charge in [-0.15, -0.1) is 0 Å². The number of carbonyl (C=O) groups is 2. The maximum Gasteiger partial charge on any atom is 0.224 e. The minimum absolute atomic E-state index is 0.143. The van der Waals surface area contributed by atoms with E-state index in [1.807, 2.05) is 20.9 Å². The van der Waals surface area contributed by atoms with Gasteiger partial charge in [-0.2, -0.15) is 5.10 Å².